The summed E-state index contributed by atoms with van der Waals surface area (Å²) in [6, 6.07) is 3.60. The Labute approximate surface area is 96.1 Å². The first kappa shape index (κ1) is 10.4. The van der Waals surface area contributed by atoms with E-state index < -0.39 is 0 Å². The monoisotopic (exact) mass is 241 g/mol. The minimum atomic E-state index is 0.567. The van der Waals surface area contributed by atoms with E-state index in [2.05, 4.69) is 15.2 Å². The highest BCUT2D eigenvalue weighted by atomic mass is 35.5. The Morgan fingerprint density at radius 3 is 3.00 bits per heavy atom. The van der Waals surface area contributed by atoms with Crippen molar-refractivity contribution in [2.75, 3.05) is 0 Å². The fourth-order valence-corrected chi connectivity index (χ4v) is 2.01. The lowest BCUT2D eigenvalue weighted by molar-refractivity contribution is 0.485. The maximum atomic E-state index is 5.95. The van der Waals surface area contributed by atoms with Gasteiger partial charge in [-0.25, -0.2) is 4.98 Å². The van der Waals surface area contributed by atoms with Crippen molar-refractivity contribution < 1.29 is 4.42 Å². The molecule has 0 atom stereocenters. The van der Waals surface area contributed by atoms with Crippen molar-refractivity contribution in [1.29, 1.82) is 0 Å². The first-order chi connectivity index (χ1) is 7.25. The first-order valence-electron chi connectivity index (χ1n) is 4.28. The number of hydrogen-bond acceptors (Lipinski definition) is 5. The molecule has 0 aliphatic rings. The van der Waals surface area contributed by atoms with Crippen LogP contribution in [0.2, 0.25) is 5.02 Å². The average Bonchev–Trinajstić information content (AvgIpc) is 2.63. The van der Waals surface area contributed by atoms with Crippen LogP contribution in [-0.4, -0.2) is 15.2 Å². The number of halogens is 1. The van der Waals surface area contributed by atoms with Crippen molar-refractivity contribution in [3.05, 3.63) is 35.1 Å². The molecule has 2 rings (SSSR count). The highest BCUT2D eigenvalue weighted by molar-refractivity contribution is 7.98. The maximum Gasteiger partial charge on any atom is 0.226 e. The summed E-state index contributed by atoms with van der Waals surface area (Å²) in [6.45, 7) is 1.76. The van der Waals surface area contributed by atoms with Gasteiger partial charge < -0.3 is 4.42 Å². The zero-order valence-corrected chi connectivity index (χ0v) is 9.55. The van der Waals surface area contributed by atoms with Gasteiger partial charge in [0.2, 0.25) is 11.8 Å². The summed E-state index contributed by atoms with van der Waals surface area (Å²) in [7, 11) is 0. The van der Waals surface area contributed by atoms with Gasteiger partial charge in [-0.15, -0.1) is 10.2 Å². The molecule has 0 saturated heterocycles. The Morgan fingerprint density at radius 1 is 1.47 bits per heavy atom. The molecular weight excluding hydrogens is 234 g/mol. The van der Waals surface area contributed by atoms with Crippen molar-refractivity contribution in [2.24, 2.45) is 0 Å². The Kier molecular flexibility index (Phi) is 3.23. The second-order valence-corrected chi connectivity index (χ2v) is 4.17. The molecule has 4 nitrogen and oxygen atoms in total. The van der Waals surface area contributed by atoms with E-state index in [9.17, 15) is 0 Å². The van der Waals surface area contributed by atoms with E-state index in [1.807, 2.05) is 0 Å². The van der Waals surface area contributed by atoms with Crippen LogP contribution in [0.4, 0.5) is 0 Å². The van der Waals surface area contributed by atoms with Crippen molar-refractivity contribution >= 4 is 23.4 Å². The van der Waals surface area contributed by atoms with Gasteiger partial charge in [0, 0.05) is 13.1 Å². The lowest BCUT2D eigenvalue weighted by Gasteiger charge is -1.98. The van der Waals surface area contributed by atoms with Gasteiger partial charge >= 0.3 is 0 Å². The van der Waals surface area contributed by atoms with Gasteiger partial charge in [0.05, 0.1) is 10.8 Å². The number of hydrogen-bond donors (Lipinski definition) is 0. The molecule has 0 aliphatic carbocycles. The summed E-state index contributed by atoms with van der Waals surface area (Å²) >= 11 is 7.42. The Bertz CT molecular complexity index is 460. The van der Waals surface area contributed by atoms with Crippen molar-refractivity contribution in [1.82, 2.24) is 15.2 Å². The zero-order valence-electron chi connectivity index (χ0n) is 7.98. The first-order valence-corrected chi connectivity index (χ1v) is 5.64. The molecule has 2 aromatic heterocycles. The molecule has 15 heavy (non-hydrogen) atoms. The molecule has 0 aromatic carbocycles. The van der Waals surface area contributed by atoms with Crippen LogP contribution in [0.1, 0.15) is 11.8 Å². The largest absolute Gasteiger partial charge is 0.425 e. The minimum absolute atomic E-state index is 0.567. The third-order valence-electron chi connectivity index (χ3n) is 1.62. The van der Waals surface area contributed by atoms with Gasteiger partial charge in [-0.1, -0.05) is 23.4 Å². The molecule has 2 aromatic rings. The molecular formula is C9H8ClN3OS. The van der Waals surface area contributed by atoms with E-state index in [0.717, 1.165) is 5.03 Å². The summed E-state index contributed by atoms with van der Waals surface area (Å²) in [5.41, 5.74) is 0. The number of nitrogens with zero attached hydrogens (tertiary/aromatic N) is 3. The average molecular weight is 242 g/mol. The number of rotatable bonds is 3. The maximum absolute atomic E-state index is 5.95. The molecule has 2 heterocycles. The highest BCUT2D eigenvalue weighted by Crippen LogP contribution is 2.26. The zero-order chi connectivity index (χ0) is 10.7. The van der Waals surface area contributed by atoms with E-state index in [-0.39, 0.29) is 0 Å². The molecule has 0 unspecified atom stereocenters. The fourth-order valence-electron chi connectivity index (χ4n) is 1.00. The summed E-state index contributed by atoms with van der Waals surface area (Å²) in [4.78, 5) is 4.14. The smallest absolute Gasteiger partial charge is 0.226 e. The molecule has 6 heteroatoms. The van der Waals surface area contributed by atoms with Crippen LogP contribution in [0.25, 0.3) is 0 Å². The van der Waals surface area contributed by atoms with E-state index in [1.165, 1.54) is 11.8 Å². The van der Waals surface area contributed by atoms with Crippen LogP contribution < -0.4 is 0 Å². The fraction of sp³-hybridized carbons (Fsp3) is 0.222. The van der Waals surface area contributed by atoms with Gasteiger partial charge in [0.15, 0.2) is 0 Å². The quantitative estimate of drug-likeness (QED) is 0.774. The number of aryl methyl sites for hydroxylation is 1. The van der Waals surface area contributed by atoms with E-state index in [1.54, 1.807) is 25.3 Å². The van der Waals surface area contributed by atoms with Crippen molar-refractivity contribution in [2.45, 2.75) is 17.7 Å². The van der Waals surface area contributed by atoms with Gasteiger partial charge in [0.1, 0.15) is 5.03 Å². The number of aromatic nitrogens is 3. The van der Waals surface area contributed by atoms with Crippen molar-refractivity contribution in [3.8, 4) is 0 Å². The van der Waals surface area contributed by atoms with Crippen LogP contribution in [0.3, 0.4) is 0 Å². The normalized spacial score (nSPS) is 10.5. The Balaban J connectivity index is 2.02. The van der Waals surface area contributed by atoms with Crippen LogP contribution in [0, 0.1) is 6.92 Å². The van der Waals surface area contributed by atoms with Gasteiger partial charge in [-0.3, -0.25) is 0 Å². The molecule has 0 N–H and O–H groups in total. The Morgan fingerprint density at radius 2 is 2.33 bits per heavy atom. The molecule has 0 bridgehead atoms. The highest BCUT2D eigenvalue weighted by Gasteiger charge is 2.06. The topological polar surface area (TPSA) is 51.8 Å². The van der Waals surface area contributed by atoms with Crippen LogP contribution in [-0.2, 0) is 5.75 Å². The van der Waals surface area contributed by atoms with E-state index in [4.69, 9.17) is 16.0 Å². The summed E-state index contributed by atoms with van der Waals surface area (Å²) in [6.07, 6.45) is 1.70. The second kappa shape index (κ2) is 4.63. The SMILES string of the molecule is Cc1nnc(CSc2ncccc2Cl)o1. The predicted molar refractivity (Wildman–Crippen MR) is 57.8 cm³/mol. The number of pyridine rings is 1. The summed E-state index contributed by atoms with van der Waals surface area (Å²) in [5, 5.41) is 9.03. The molecule has 0 aliphatic heterocycles. The summed E-state index contributed by atoms with van der Waals surface area (Å²) < 4.78 is 5.23. The van der Waals surface area contributed by atoms with E-state index in [0.29, 0.717) is 22.6 Å². The predicted octanol–water partition coefficient (Wildman–Crippen LogP) is 2.72. The lowest BCUT2D eigenvalue weighted by Crippen LogP contribution is -1.84. The van der Waals surface area contributed by atoms with Crippen molar-refractivity contribution in [3.63, 3.8) is 0 Å². The lowest BCUT2D eigenvalue weighted by atomic mass is 10.5. The molecule has 0 spiro atoms. The second-order valence-electron chi connectivity index (χ2n) is 2.79. The van der Waals surface area contributed by atoms with E-state index >= 15 is 0 Å². The Hall–Kier alpha value is -1.07. The molecule has 0 amide bonds. The van der Waals surface area contributed by atoms with Crippen LogP contribution >= 0.6 is 23.4 Å². The summed E-state index contributed by atoms with van der Waals surface area (Å²) in [5.74, 6) is 1.73. The van der Waals surface area contributed by atoms with Gasteiger partial charge in [0.25, 0.3) is 0 Å². The molecule has 0 saturated carbocycles. The third-order valence-corrected chi connectivity index (χ3v) is 3.03. The van der Waals surface area contributed by atoms with Gasteiger partial charge in [-0.2, -0.15) is 0 Å². The standard InChI is InChI=1S/C9H8ClN3OS/c1-6-12-13-8(14-6)5-15-9-7(10)3-2-4-11-9/h2-4H,5H2,1H3. The minimum Gasteiger partial charge on any atom is -0.425 e. The van der Waals surface area contributed by atoms with Crippen LogP contribution in [0.5, 0.6) is 0 Å². The van der Waals surface area contributed by atoms with Gasteiger partial charge in [-0.05, 0) is 12.1 Å². The number of thioether (sulfide) groups is 1. The molecule has 0 fully saturated rings. The third kappa shape index (κ3) is 2.70. The molecule has 0 radical (unpaired) electrons. The van der Waals surface area contributed by atoms with Crippen LogP contribution in [0.15, 0.2) is 27.8 Å². The molecule has 78 valence electrons.